The third kappa shape index (κ3) is 4.48. The Bertz CT molecular complexity index is 681. The number of rotatable bonds is 5. The molecule has 1 fully saturated rings. The summed E-state index contributed by atoms with van der Waals surface area (Å²) in [4.78, 5) is 16.5. The second kappa shape index (κ2) is 8.15. The molecule has 0 saturated heterocycles. The highest BCUT2D eigenvalue weighted by Gasteiger charge is 2.17. The monoisotopic (exact) mass is 343 g/mol. The number of nitrogens with zero attached hydrogens (tertiary/aromatic N) is 1. The van der Waals surface area contributed by atoms with Gasteiger partial charge in [-0.05, 0) is 36.6 Å². The molecule has 2 aromatic rings. The summed E-state index contributed by atoms with van der Waals surface area (Å²) >= 11 is 6.14. The molecule has 0 spiro atoms. The second-order valence-electron chi connectivity index (χ2n) is 6.19. The number of anilines is 1. The Labute approximate surface area is 147 Å². The first-order valence-corrected chi connectivity index (χ1v) is 8.84. The van der Waals surface area contributed by atoms with Gasteiger partial charge in [-0.3, -0.25) is 4.79 Å². The van der Waals surface area contributed by atoms with Gasteiger partial charge >= 0.3 is 0 Å². The van der Waals surface area contributed by atoms with E-state index in [1.165, 1.54) is 19.3 Å². The van der Waals surface area contributed by atoms with Crippen LogP contribution in [0.5, 0.6) is 0 Å². The number of carbonyl (C=O) groups excluding carboxylic acids is 1. The molecule has 0 atom stereocenters. The number of hydrogen-bond donors (Lipinski definition) is 2. The Balaban J connectivity index is 1.54. The van der Waals surface area contributed by atoms with Gasteiger partial charge in [0.15, 0.2) is 0 Å². The van der Waals surface area contributed by atoms with Crippen molar-refractivity contribution in [3.05, 3.63) is 58.9 Å². The highest BCUT2D eigenvalue weighted by molar-refractivity contribution is 6.31. The van der Waals surface area contributed by atoms with Gasteiger partial charge in [-0.25, -0.2) is 4.98 Å². The molecule has 0 aliphatic heterocycles. The highest BCUT2D eigenvalue weighted by Crippen LogP contribution is 2.18. The summed E-state index contributed by atoms with van der Waals surface area (Å²) in [6.45, 7) is 0.620. The van der Waals surface area contributed by atoms with E-state index in [-0.39, 0.29) is 5.91 Å². The standard InChI is InChI=1S/C19H22ClN3O/c20-17-9-5-4-6-14(17)12-21-16-10-11-18(22-13-16)19(24)23-15-7-2-1-3-8-15/h4-6,9-11,13,15,21H,1-3,7-8,12H2,(H,23,24). The van der Waals surface area contributed by atoms with E-state index in [9.17, 15) is 4.79 Å². The van der Waals surface area contributed by atoms with Crippen molar-refractivity contribution >= 4 is 23.2 Å². The molecule has 5 heteroatoms. The van der Waals surface area contributed by atoms with Gasteiger partial charge in [0, 0.05) is 17.6 Å². The third-order valence-electron chi connectivity index (χ3n) is 4.38. The van der Waals surface area contributed by atoms with Crippen LogP contribution in [0, 0.1) is 0 Å². The predicted molar refractivity (Wildman–Crippen MR) is 97.4 cm³/mol. The lowest BCUT2D eigenvalue weighted by atomic mass is 9.95. The van der Waals surface area contributed by atoms with Crippen molar-refractivity contribution in [3.8, 4) is 0 Å². The molecule has 0 radical (unpaired) electrons. The number of pyridine rings is 1. The molecule has 4 nitrogen and oxygen atoms in total. The van der Waals surface area contributed by atoms with E-state index in [0.29, 0.717) is 18.3 Å². The van der Waals surface area contributed by atoms with Crippen molar-refractivity contribution in [1.29, 1.82) is 0 Å². The summed E-state index contributed by atoms with van der Waals surface area (Å²) in [6, 6.07) is 11.6. The van der Waals surface area contributed by atoms with E-state index in [1.54, 1.807) is 12.3 Å². The van der Waals surface area contributed by atoms with Gasteiger partial charge in [-0.15, -0.1) is 0 Å². The first kappa shape index (κ1) is 16.8. The SMILES string of the molecule is O=C(NC1CCCCC1)c1ccc(NCc2ccccc2Cl)cn1. The van der Waals surface area contributed by atoms with Crippen LogP contribution in [-0.2, 0) is 6.54 Å². The van der Waals surface area contributed by atoms with Crippen molar-refractivity contribution in [1.82, 2.24) is 10.3 Å². The Hall–Kier alpha value is -2.07. The van der Waals surface area contributed by atoms with E-state index < -0.39 is 0 Å². The molecule has 1 amide bonds. The average Bonchev–Trinajstić information content (AvgIpc) is 2.62. The lowest BCUT2D eigenvalue weighted by Crippen LogP contribution is -2.36. The number of amides is 1. The normalized spacial score (nSPS) is 15.0. The summed E-state index contributed by atoms with van der Waals surface area (Å²) in [6.07, 6.45) is 7.50. The zero-order valence-corrected chi connectivity index (χ0v) is 14.4. The zero-order valence-electron chi connectivity index (χ0n) is 13.6. The molecule has 126 valence electrons. The van der Waals surface area contributed by atoms with Crippen LogP contribution in [0.2, 0.25) is 5.02 Å². The van der Waals surface area contributed by atoms with Gasteiger partial charge < -0.3 is 10.6 Å². The molecular weight excluding hydrogens is 322 g/mol. The van der Waals surface area contributed by atoms with Crippen molar-refractivity contribution < 1.29 is 4.79 Å². The van der Waals surface area contributed by atoms with Crippen LogP contribution in [0.15, 0.2) is 42.6 Å². The van der Waals surface area contributed by atoms with Crippen LogP contribution in [0.25, 0.3) is 0 Å². The largest absolute Gasteiger partial charge is 0.380 e. The molecule has 2 N–H and O–H groups in total. The topological polar surface area (TPSA) is 54.0 Å². The smallest absolute Gasteiger partial charge is 0.270 e. The Kier molecular flexibility index (Phi) is 5.70. The van der Waals surface area contributed by atoms with Gasteiger partial charge in [0.2, 0.25) is 0 Å². The van der Waals surface area contributed by atoms with E-state index in [0.717, 1.165) is 29.1 Å². The minimum Gasteiger partial charge on any atom is -0.380 e. The fourth-order valence-electron chi connectivity index (χ4n) is 2.98. The quantitative estimate of drug-likeness (QED) is 0.845. The van der Waals surface area contributed by atoms with Gasteiger partial charge in [-0.1, -0.05) is 49.1 Å². The van der Waals surface area contributed by atoms with Crippen LogP contribution in [0.4, 0.5) is 5.69 Å². The van der Waals surface area contributed by atoms with Crippen LogP contribution in [0.3, 0.4) is 0 Å². The minimum absolute atomic E-state index is 0.0837. The van der Waals surface area contributed by atoms with Crippen LogP contribution >= 0.6 is 11.6 Å². The molecule has 1 aliphatic carbocycles. The number of aromatic nitrogens is 1. The molecule has 24 heavy (non-hydrogen) atoms. The molecule has 1 aliphatic rings. The van der Waals surface area contributed by atoms with Crippen molar-refractivity contribution in [2.75, 3.05) is 5.32 Å². The van der Waals surface area contributed by atoms with Crippen molar-refractivity contribution in [2.45, 2.75) is 44.7 Å². The van der Waals surface area contributed by atoms with Gasteiger partial charge in [0.1, 0.15) is 5.69 Å². The predicted octanol–water partition coefficient (Wildman–Crippen LogP) is 4.41. The van der Waals surface area contributed by atoms with Gasteiger partial charge in [0.25, 0.3) is 5.91 Å². The van der Waals surface area contributed by atoms with E-state index in [2.05, 4.69) is 15.6 Å². The average molecular weight is 344 g/mol. The maximum atomic E-state index is 12.2. The maximum absolute atomic E-state index is 12.2. The van der Waals surface area contributed by atoms with E-state index >= 15 is 0 Å². The van der Waals surface area contributed by atoms with Gasteiger partial charge in [0.05, 0.1) is 11.9 Å². The molecule has 1 aromatic heterocycles. The number of halogens is 1. The molecule has 1 aromatic carbocycles. The van der Waals surface area contributed by atoms with E-state index in [4.69, 9.17) is 11.6 Å². The summed E-state index contributed by atoms with van der Waals surface area (Å²) in [7, 11) is 0. The number of nitrogens with one attached hydrogen (secondary N) is 2. The second-order valence-corrected chi connectivity index (χ2v) is 6.59. The molecule has 0 unspecified atom stereocenters. The number of carbonyl (C=O) groups is 1. The summed E-state index contributed by atoms with van der Waals surface area (Å²) < 4.78 is 0. The van der Waals surface area contributed by atoms with Gasteiger partial charge in [-0.2, -0.15) is 0 Å². The van der Waals surface area contributed by atoms with Crippen molar-refractivity contribution in [3.63, 3.8) is 0 Å². The summed E-state index contributed by atoms with van der Waals surface area (Å²) in [5.74, 6) is -0.0837. The Morgan fingerprint density at radius 1 is 1.12 bits per heavy atom. The third-order valence-corrected chi connectivity index (χ3v) is 4.75. The van der Waals surface area contributed by atoms with Crippen LogP contribution < -0.4 is 10.6 Å². The molecule has 0 bridgehead atoms. The zero-order chi connectivity index (χ0) is 16.8. The minimum atomic E-state index is -0.0837. The lowest BCUT2D eigenvalue weighted by molar-refractivity contribution is 0.0922. The van der Waals surface area contributed by atoms with Crippen molar-refractivity contribution in [2.24, 2.45) is 0 Å². The number of benzene rings is 1. The van der Waals surface area contributed by atoms with Crippen LogP contribution in [-0.4, -0.2) is 16.9 Å². The maximum Gasteiger partial charge on any atom is 0.270 e. The number of hydrogen-bond acceptors (Lipinski definition) is 3. The molecule has 3 rings (SSSR count). The fourth-order valence-corrected chi connectivity index (χ4v) is 3.18. The molecule has 1 saturated carbocycles. The summed E-state index contributed by atoms with van der Waals surface area (Å²) in [5, 5.41) is 7.09. The Morgan fingerprint density at radius 3 is 2.62 bits per heavy atom. The fraction of sp³-hybridized carbons (Fsp3) is 0.368. The first-order chi connectivity index (χ1) is 11.7. The Morgan fingerprint density at radius 2 is 1.92 bits per heavy atom. The lowest BCUT2D eigenvalue weighted by Gasteiger charge is -2.22. The molecular formula is C19H22ClN3O. The molecule has 1 heterocycles. The first-order valence-electron chi connectivity index (χ1n) is 8.46. The van der Waals surface area contributed by atoms with Crippen LogP contribution in [0.1, 0.15) is 48.2 Å². The van der Waals surface area contributed by atoms with E-state index in [1.807, 2.05) is 30.3 Å². The summed E-state index contributed by atoms with van der Waals surface area (Å²) in [5.41, 5.74) is 2.35. The highest BCUT2D eigenvalue weighted by atomic mass is 35.5.